The van der Waals surface area contributed by atoms with Gasteiger partial charge in [-0.1, -0.05) is 17.7 Å². The summed E-state index contributed by atoms with van der Waals surface area (Å²) in [5.74, 6) is -1.38. The highest BCUT2D eigenvalue weighted by Gasteiger charge is 2.10. The lowest BCUT2D eigenvalue weighted by atomic mass is 10.1. The summed E-state index contributed by atoms with van der Waals surface area (Å²) in [5, 5.41) is 11.8. The number of hydrogen-bond donors (Lipinski definition) is 2. The van der Waals surface area contributed by atoms with Crippen LogP contribution in [-0.2, 0) is 0 Å². The van der Waals surface area contributed by atoms with E-state index in [1.165, 1.54) is 24.3 Å². The number of amides is 1. The summed E-state index contributed by atoms with van der Waals surface area (Å²) in [7, 11) is 0. The van der Waals surface area contributed by atoms with Crippen molar-refractivity contribution in [2.75, 3.05) is 5.32 Å². The van der Waals surface area contributed by atoms with Crippen molar-refractivity contribution in [3.05, 3.63) is 58.2 Å². The largest absolute Gasteiger partial charge is 0.477 e. The number of nitrogens with one attached hydrogen (secondary N) is 1. The minimum Gasteiger partial charge on any atom is -0.477 e. The third-order valence-electron chi connectivity index (χ3n) is 2.51. The topological polar surface area (TPSA) is 79.3 Å². The van der Waals surface area contributed by atoms with E-state index in [0.717, 1.165) is 5.56 Å². The highest BCUT2D eigenvalue weighted by Crippen LogP contribution is 2.16. The minimum atomic E-state index is -1.15. The van der Waals surface area contributed by atoms with Crippen molar-refractivity contribution < 1.29 is 14.7 Å². The number of halogens is 1. The fourth-order valence-corrected chi connectivity index (χ4v) is 1.97. The van der Waals surface area contributed by atoms with Crippen LogP contribution in [0.25, 0.3) is 0 Å². The Morgan fingerprint density at radius 3 is 2.65 bits per heavy atom. The molecule has 2 N–H and O–H groups in total. The number of pyridine rings is 1. The van der Waals surface area contributed by atoms with Gasteiger partial charge in [-0.2, -0.15) is 0 Å². The highest BCUT2D eigenvalue weighted by molar-refractivity contribution is 6.31. The number of carboxylic acid groups (broad SMARTS) is 1. The molecule has 0 saturated carbocycles. The van der Waals surface area contributed by atoms with Crippen LogP contribution in [0.2, 0.25) is 5.02 Å². The first-order valence-corrected chi connectivity index (χ1v) is 6.12. The van der Waals surface area contributed by atoms with Crippen molar-refractivity contribution in [2.45, 2.75) is 6.92 Å². The van der Waals surface area contributed by atoms with Crippen molar-refractivity contribution in [3.8, 4) is 0 Å². The quantitative estimate of drug-likeness (QED) is 0.911. The van der Waals surface area contributed by atoms with Gasteiger partial charge in [0, 0.05) is 10.6 Å². The molecule has 2 aromatic rings. The molecule has 1 aromatic heterocycles. The molecule has 0 aliphatic carbocycles. The van der Waals surface area contributed by atoms with Crippen LogP contribution in [0.1, 0.15) is 26.4 Å². The maximum atomic E-state index is 12.0. The highest BCUT2D eigenvalue weighted by atomic mass is 35.5. The molecule has 20 heavy (non-hydrogen) atoms. The van der Waals surface area contributed by atoms with Crippen molar-refractivity contribution in [3.63, 3.8) is 0 Å². The average molecular weight is 291 g/mol. The third-order valence-corrected chi connectivity index (χ3v) is 2.73. The van der Waals surface area contributed by atoms with E-state index < -0.39 is 11.9 Å². The molecule has 0 bridgehead atoms. The second kappa shape index (κ2) is 5.71. The SMILES string of the molecule is Cc1cc(Cl)cc(C(=O)Nc2cccc(C(=O)O)n2)c1. The molecular weight excluding hydrogens is 280 g/mol. The van der Waals surface area contributed by atoms with Crippen LogP contribution in [-0.4, -0.2) is 22.0 Å². The van der Waals surface area contributed by atoms with E-state index in [1.54, 1.807) is 12.1 Å². The lowest BCUT2D eigenvalue weighted by Gasteiger charge is -2.06. The van der Waals surface area contributed by atoms with Crippen molar-refractivity contribution in [1.82, 2.24) is 4.98 Å². The number of benzene rings is 1. The smallest absolute Gasteiger partial charge is 0.354 e. The number of aromatic carboxylic acids is 1. The molecule has 0 aliphatic rings. The zero-order valence-electron chi connectivity index (χ0n) is 10.6. The van der Waals surface area contributed by atoms with Crippen LogP contribution in [0.15, 0.2) is 36.4 Å². The van der Waals surface area contributed by atoms with Crippen LogP contribution < -0.4 is 5.32 Å². The zero-order valence-corrected chi connectivity index (χ0v) is 11.3. The molecule has 0 saturated heterocycles. The Morgan fingerprint density at radius 1 is 1.25 bits per heavy atom. The number of anilines is 1. The van der Waals surface area contributed by atoms with E-state index >= 15 is 0 Å². The maximum absolute atomic E-state index is 12.0. The molecule has 6 heteroatoms. The summed E-state index contributed by atoms with van der Waals surface area (Å²) in [6.07, 6.45) is 0. The number of carbonyl (C=O) groups is 2. The fourth-order valence-electron chi connectivity index (χ4n) is 1.68. The van der Waals surface area contributed by atoms with Crippen molar-refractivity contribution >= 4 is 29.3 Å². The molecule has 0 atom stereocenters. The van der Waals surface area contributed by atoms with Gasteiger partial charge in [0.1, 0.15) is 5.82 Å². The van der Waals surface area contributed by atoms with Gasteiger partial charge in [0.25, 0.3) is 5.91 Å². The van der Waals surface area contributed by atoms with Gasteiger partial charge < -0.3 is 10.4 Å². The monoisotopic (exact) mass is 290 g/mol. The van der Waals surface area contributed by atoms with Crippen LogP contribution >= 0.6 is 11.6 Å². The first-order valence-electron chi connectivity index (χ1n) is 5.74. The van der Waals surface area contributed by atoms with E-state index in [2.05, 4.69) is 10.3 Å². The molecule has 2 rings (SSSR count). The predicted molar refractivity (Wildman–Crippen MR) is 75.3 cm³/mol. The van der Waals surface area contributed by atoms with Gasteiger partial charge in [-0.3, -0.25) is 4.79 Å². The average Bonchev–Trinajstić information content (AvgIpc) is 2.37. The number of rotatable bonds is 3. The molecule has 1 amide bonds. The number of aromatic nitrogens is 1. The van der Waals surface area contributed by atoms with Gasteiger partial charge in [0.2, 0.25) is 0 Å². The number of hydrogen-bond acceptors (Lipinski definition) is 3. The van der Waals surface area contributed by atoms with Crippen LogP contribution in [0.5, 0.6) is 0 Å². The zero-order chi connectivity index (χ0) is 14.7. The summed E-state index contributed by atoms with van der Waals surface area (Å²) in [5.41, 5.74) is 1.11. The summed E-state index contributed by atoms with van der Waals surface area (Å²) in [6, 6.07) is 9.33. The molecule has 0 aliphatic heterocycles. The Hall–Kier alpha value is -2.40. The van der Waals surface area contributed by atoms with Crippen LogP contribution in [0.3, 0.4) is 0 Å². The van der Waals surface area contributed by atoms with Crippen molar-refractivity contribution in [1.29, 1.82) is 0 Å². The van der Waals surface area contributed by atoms with E-state index in [4.69, 9.17) is 16.7 Å². The summed E-state index contributed by atoms with van der Waals surface area (Å²) < 4.78 is 0. The summed E-state index contributed by atoms with van der Waals surface area (Å²) in [4.78, 5) is 26.7. The first kappa shape index (κ1) is 14.0. The normalized spacial score (nSPS) is 10.1. The first-order chi connectivity index (χ1) is 9.45. The second-order valence-corrected chi connectivity index (χ2v) is 4.62. The number of nitrogens with zero attached hydrogens (tertiary/aromatic N) is 1. The van der Waals surface area contributed by atoms with E-state index in [1.807, 2.05) is 6.92 Å². The molecular formula is C14H11ClN2O3. The predicted octanol–water partition coefficient (Wildman–Crippen LogP) is 2.99. The van der Waals surface area contributed by atoms with Crippen LogP contribution in [0.4, 0.5) is 5.82 Å². The minimum absolute atomic E-state index is 0.134. The molecule has 5 nitrogen and oxygen atoms in total. The lowest BCUT2D eigenvalue weighted by molar-refractivity contribution is 0.0690. The van der Waals surface area contributed by atoms with Gasteiger partial charge >= 0.3 is 5.97 Å². The fraction of sp³-hybridized carbons (Fsp3) is 0.0714. The van der Waals surface area contributed by atoms with Crippen LogP contribution in [0, 0.1) is 6.92 Å². The van der Waals surface area contributed by atoms with E-state index in [9.17, 15) is 9.59 Å². The van der Waals surface area contributed by atoms with Gasteiger partial charge in [0.05, 0.1) is 0 Å². The number of aryl methyl sites for hydroxylation is 1. The molecule has 1 heterocycles. The Morgan fingerprint density at radius 2 is 2.00 bits per heavy atom. The lowest BCUT2D eigenvalue weighted by Crippen LogP contribution is -2.14. The Labute approximate surface area is 120 Å². The molecule has 0 fully saturated rings. The summed E-state index contributed by atoms with van der Waals surface area (Å²) in [6.45, 7) is 1.83. The molecule has 1 aromatic carbocycles. The third kappa shape index (κ3) is 3.33. The number of carbonyl (C=O) groups excluding carboxylic acids is 1. The second-order valence-electron chi connectivity index (χ2n) is 4.18. The Balaban J connectivity index is 2.23. The van der Waals surface area contributed by atoms with Gasteiger partial charge in [0.15, 0.2) is 5.69 Å². The molecule has 0 spiro atoms. The number of carboxylic acids is 1. The standard InChI is InChI=1S/C14H11ClN2O3/c1-8-5-9(7-10(15)6-8)13(18)17-12-4-2-3-11(16-12)14(19)20/h2-7H,1H3,(H,19,20)(H,16,17,18). The summed E-state index contributed by atoms with van der Waals surface area (Å²) >= 11 is 5.89. The molecule has 0 unspecified atom stereocenters. The van der Waals surface area contributed by atoms with Crippen molar-refractivity contribution in [2.24, 2.45) is 0 Å². The molecule has 0 radical (unpaired) electrons. The maximum Gasteiger partial charge on any atom is 0.354 e. The Kier molecular flexibility index (Phi) is 4.00. The van der Waals surface area contributed by atoms with Gasteiger partial charge in [-0.25, -0.2) is 9.78 Å². The Bertz CT molecular complexity index is 666. The van der Waals surface area contributed by atoms with E-state index in [-0.39, 0.29) is 11.5 Å². The van der Waals surface area contributed by atoms with E-state index in [0.29, 0.717) is 10.6 Å². The van der Waals surface area contributed by atoms with Gasteiger partial charge in [-0.15, -0.1) is 0 Å². The molecule has 102 valence electrons. The van der Waals surface area contributed by atoms with Gasteiger partial charge in [-0.05, 0) is 42.8 Å².